The van der Waals surface area contributed by atoms with Gasteiger partial charge in [-0.25, -0.2) is 9.98 Å². The Morgan fingerprint density at radius 2 is 2.07 bits per heavy atom. The molecule has 0 atom stereocenters. The second kappa shape index (κ2) is 10.1. The first kappa shape index (κ1) is 19.4. The van der Waals surface area contributed by atoms with Gasteiger partial charge in [0.05, 0.1) is 19.5 Å². The fourth-order valence-corrected chi connectivity index (χ4v) is 2.82. The fraction of sp³-hybridized carbons (Fsp3) is 0.524. The number of ether oxygens (including phenoxy) is 1. The average Bonchev–Trinajstić information content (AvgIpc) is 3.37. The van der Waals surface area contributed by atoms with Gasteiger partial charge in [-0.05, 0) is 36.8 Å². The lowest BCUT2D eigenvalue weighted by Crippen LogP contribution is -2.40. The Morgan fingerprint density at radius 1 is 1.30 bits per heavy atom. The second-order valence-electron chi connectivity index (χ2n) is 7.16. The molecule has 146 valence electrons. The van der Waals surface area contributed by atoms with Crippen LogP contribution in [0.5, 0.6) is 0 Å². The van der Waals surface area contributed by atoms with Crippen LogP contribution < -0.4 is 5.32 Å². The Kier molecular flexibility index (Phi) is 7.27. The van der Waals surface area contributed by atoms with Gasteiger partial charge in [0.25, 0.3) is 0 Å². The van der Waals surface area contributed by atoms with E-state index in [1.54, 1.807) is 6.20 Å². The summed E-state index contributed by atoms with van der Waals surface area (Å²) in [5, 5.41) is 3.37. The van der Waals surface area contributed by atoms with Crippen molar-refractivity contribution >= 4 is 5.96 Å². The summed E-state index contributed by atoms with van der Waals surface area (Å²) in [6, 6.07) is 8.62. The molecule has 1 aromatic carbocycles. The quantitative estimate of drug-likeness (QED) is 0.397. The van der Waals surface area contributed by atoms with Crippen molar-refractivity contribution in [3.8, 4) is 0 Å². The van der Waals surface area contributed by atoms with E-state index in [0.717, 1.165) is 44.7 Å². The average molecular weight is 370 g/mol. The topological polar surface area (TPSA) is 54.7 Å². The van der Waals surface area contributed by atoms with Gasteiger partial charge in [0, 0.05) is 45.7 Å². The van der Waals surface area contributed by atoms with Crippen LogP contribution in [0, 0.1) is 5.92 Å². The molecule has 3 rings (SSSR count). The third-order valence-corrected chi connectivity index (χ3v) is 4.68. The minimum absolute atomic E-state index is 0.668. The molecule has 1 saturated carbocycles. The first-order chi connectivity index (χ1) is 13.2. The SMILES string of the molecule is CCNC(=NCc1ccc(Cn2ccnc2)cc1)N(C)CCOCC1CC1. The molecule has 0 spiro atoms. The molecular formula is C21H31N5O. The molecule has 1 heterocycles. The number of guanidine groups is 1. The molecule has 1 aromatic heterocycles. The highest BCUT2D eigenvalue weighted by atomic mass is 16.5. The number of aromatic nitrogens is 2. The number of nitrogens with zero attached hydrogens (tertiary/aromatic N) is 4. The van der Waals surface area contributed by atoms with Gasteiger partial charge in [-0.3, -0.25) is 0 Å². The summed E-state index contributed by atoms with van der Waals surface area (Å²) in [4.78, 5) is 11.0. The summed E-state index contributed by atoms with van der Waals surface area (Å²) in [6.45, 7) is 6.97. The molecule has 0 radical (unpaired) electrons. The third kappa shape index (κ3) is 6.71. The molecule has 6 heteroatoms. The van der Waals surface area contributed by atoms with Crippen LogP contribution in [0.15, 0.2) is 48.0 Å². The third-order valence-electron chi connectivity index (χ3n) is 4.68. The van der Waals surface area contributed by atoms with Crippen LogP contribution in [0.3, 0.4) is 0 Å². The zero-order chi connectivity index (χ0) is 18.9. The van der Waals surface area contributed by atoms with Gasteiger partial charge in [-0.2, -0.15) is 0 Å². The van der Waals surface area contributed by atoms with E-state index in [0.29, 0.717) is 6.54 Å². The van der Waals surface area contributed by atoms with Crippen molar-refractivity contribution in [2.75, 3.05) is 33.4 Å². The number of nitrogens with one attached hydrogen (secondary N) is 1. The molecule has 0 saturated heterocycles. The highest BCUT2D eigenvalue weighted by molar-refractivity contribution is 5.79. The summed E-state index contributed by atoms with van der Waals surface area (Å²) in [5.74, 6) is 1.74. The van der Waals surface area contributed by atoms with Crippen LogP contribution in [-0.2, 0) is 17.8 Å². The molecule has 1 fully saturated rings. The Hall–Kier alpha value is -2.34. The molecule has 0 aliphatic heterocycles. The van der Waals surface area contributed by atoms with Gasteiger partial charge in [0.15, 0.2) is 5.96 Å². The van der Waals surface area contributed by atoms with Gasteiger partial charge in [0.2, 0.25) is 0 Å². The van der Waals surface area contributed by atoms with Crippen LogP contribution in [0.4, 0.5) is 0 Å². The van der Waals surface area contributed by atoms with Crippen molar-refractivity contribution in [1.82, 2.24) is 19.8 Å². The zero-order valence-electron chi connectivity index (χ0n) is 16.5. The van der Waals surface area contributed by atoms with E-state index in [2.05, 4.69) is 58.0 Å². The van der Waals surface area contributed by atoms with Crippen molar-refractivity contribution in [2.45, 2.75) is 32.9 Å². The largest absolute Gasteiger partial charge is 0.379 e. The van der Waals surface area contributed by atoms with Crippen LogP contribution in [-0.4, -0.2) is 53.8 Å². The molecule has 0 amide bonds. The molecule has 0 unspecified atom stereocenters. The normalized spacial score (nSPS) is 14.4. The lowest BCUT2D eigenvalue weighted by atomic mass is 10.1. The molecule has 2 aromatic rings. The van der Waals surface area contributed by atoms with Gasteiger partial charge in [0.1, 0.15) is 0 Å². The Balaban J connectivity index is 1.48. The van der Waals surface area contributed by atoms with Gasteiger partial charge in [-0.15, -0.1) is 0 Å². The number of hydrogen-bond acceptors (Lipinski definition) is 3. The van der Waals surface area contributed by atoms with Crippen LogP contribution in [0.1, 0.15) is 30.9 Å². The fourth-order valence-electron chi connectivity index (χ4n) is 2.82. The van der Waals surface area contributed by atoms with Crippen molar-refractivity contribution in [3.63, 3.8) is 0 Å². The van der Waals surface area contributed by atoms with E-state index in [4.69, 9.17) is 9.73 Å². The van der Waals surface area contributed by atoms with Crippen molar-refractivity contribution in [1.29, 1.82) is 0 Å². The van der Waals surface area contributed by atoms with Gasteiger partial charge < -0.3 is 19.5 Å². The smallest absolute Gasteiger partial charge is 0.194 e. The number of aliphatic imine (C=N–C) groups is 1. The number of rotatable bonds is 10. The van der Waals surface area contributed by atoms with Crippen LogP contribution in [0.2, 0.25) is 0 Å². The van der Waals surface area contributed by atoms with Crippen molar-refractivity contribution < 1.29 is 4.74 Å². The summed E-state index contributed by atoms with van der Waals surface area (Å²) in [5.41, 5.74) is 2.47. The lowest BCUT2D eigenvalue weighted by molar-refractivity contribution is 0.115. The summed E-state index contributed by atoms with van der Waals surface area (Å²) in [6.07, 6.45) is 8.29. The minimum Gasteiger partial charge on any atom is -0.379 e. The van der Waals surface area contributed by atoms with Gasteiger partial charge >= 0.3 is 0 Å². The van der Waals surface area contributed by atoms with E-state index in [1.165, 1.54) is 24.0 Å². The predicted molar refractivity (Wildman–Crippen MR) is 109 cm³/mol. The molecule has 6 nitrogen and oxygen atoms in total. The van der Waals surface area contributed by atoms with E-state index in [-0.39, 0.29) is 0 Å². The number of benzene rings is 1. The highest BCUT2D eigenvalue weighted by Crippen LogP contribution is 2.28. The van der Waals surface area contributed by atoms with Crippen LogP contribution >= 0.6 is 0 Å². The first-order valence-electron chi connectivity index (χ1n) is 9.85. The van der Waals surface area contributed by atoms with Crippen LogP contribution in [0.25, 0.3) is 0 Å². The zero-order valence-corrected chi connectivity index (χ0v) is 16.5. The van der Waals surface area contributed by atoms with E-state index >= 15 is 0 Å². The Bertz CT molecular complexity index is 692. The Morgan fingerprint density at radius 3 is 2.74 bits per heavy atom. The number of likely N-dealkylation sites (N-methyl/N-ethyl adjacent to an activating group) is 1. The van der Waals surface area contributed by atoms with E-state index in [1.807, 2.05) is 12.5 Å². The molecule has 1 aliphatic carbocycles. The molecule has 27 heavy (non-hydrogen) atoms. The summed E-state index contributed by atoms with van der Waals surface area (Å²) < 4.78 is 7.81. The number of hydrogen-bond donors (Lipinski definition) is 1. The maximum atomic E-state index is 5.74. The highest BCUT2D eigenvalue weighted by Gasteiger charge is 2.21. The molecule has 1 N–H and O–H groups in total. The predicted octanol–water partition coefficient (Wildman–Crippen LogP) is 2.76. The number of imidazole rings is 1. The van der Waals surface area contributed by atoms with E-state index < -0.39 is 0 Å². The minimum atomic E-state index is 0.668. The maximum Gasteiger partial charge on any atom is 0.194 e. The van der Waals surface area contributed by atoms with Crippen molar-refractivity contribution in [3.05, 3.63) is 54.1 Å². The van der Waals surface area contributed by atoms with Crippen molar-refractivity contribution in [2.24, 2.45) is 10.9 Å². The summed E-state index contributed by atoms with van der Waals surface area (Å²) >= 11 is 0. The van der Waals surface area contributed by atoms with Gasteiger partial charge in [-0.1, -0.05) is 24.3 Å². The molecule has 0 bridgehead atoms. The summed E-state index contributed by atoms with van der Waals surface area (Å²) in [7, 11) is 2.07. The maximum absolute atomic E-state index is 5.74. The Labute approximate surface area is 162 Å². The standard InChI is InChI=1S/C21H31N5O/c1-3-23-21(25(2)12-13-27-16-20-8-9-20)24-14-18-4-6-19(7-5-18)15-26-11-10-22-17-26/h4-7,10-11,17,20H,3,8-9,12-16H2,1-2H3,(H,23,24). The first-order valence-corrected chi connectivity index (χ1v) is 9.85. The monoisotopic (exact) mass is 369 g/mol. The second-order valence-corrected chi connectivity index (χ2v) is 7.16. The lowest BCUT2D eigenvalue weighted by Gasteiger charge is -2.22. The molecular weight excluding hydrogens is 338 g/mol. The molecule has 1 aliphatic rings. The van der Waals surface area contributed by atoms with E-state index in [9.17, 15) is 0 Å².